The molecule has 1 aromatic heterocycles. The smallest absolute Gasteiger partial charge is 0.286 e. The molecule has 3 heterocycles. The van der Waals surface area contributed by atoms with Crippen molar-refractivity contribution < 1.29 is 18.9 Å². The SMILES string of the molecule is CN1CCN(CC(=O)NC2=NC(=O)C(=Cc3ccc(-c4ccccc4[N+](=O)[O-])o3)S2)CC1.Cl.Cl. The summed E-state index contributed by atoms with van der Waals surface area (Å²) in [6.45, 7) is 3.69. The monoisotopic (exact) mass is 527 g/mol. The van der Waals surface area contributed by atoms with E-state index in [0.717, 1.165) is 37.9 Å². The lowest BCUT2D eigenvalue weighted by Gasteiger charge is -2.31. The van der Waals surface area contributed by atoms with Crippen LogP contribution in [0.4, 0.5) is 5.69 Å². The third-order valence-electron chi connectivity index (χ3n) is 5.10. The van der Waals surface area contributed by atoms with Gasteiger partial charge in [-0.1, -0.05) is 12.1 Å². The van der Waals surface area contributed by atoms with Gasteiger partial charge in [-0.05, 0) is 37.0 Å². The van der Waals surface area contributed by atoms with Crippen LogP contribution in [0.1, 0.15) is 5.76 Å². The minimum Gasteiger partial charge on any atom is -0.456 e. The molecular formula is C21H23Cl2N5O5S. The zero-order valence-electron chi connectivity index (χ0n) is 18.1. The normalized spacial score (nSPS) is 17.6. The van der Waals surface area contributed by atoms with Crippen molar-refractivity contribution in [3.8, 4) is 11.3 Å². The maximum absolute atomic E-state index is 12.3. The molecular weight excluding hydrogens is 505 g/mol. The summed E-state index contributed by atoms with van der Waals surface area (Å²) < 4.78 is 5.70. The molecule has 2 amide bonds. The van der Waals surface area contributed by atoms with Crippen molar-refractivity contribution in [3.63, 3.8) is 0 Å². The van der Waals surface area contributed by atoms with Gasteiger partial charge in [-0.3, -0.25) is 24.6 Å². The van der Waals surface area contributed by atoms with E-state index in [1.807, 2.05) is 7.05 Å². The maximum atomic E-state index is 12.3. The number of amidine groups is 1. The molecule has 0 radical (unpaired) electrons. The molecule has 1 fully saturated rings. The second-order valence-corrected chi connectivity index (χ2v) is 8.47. The molecule has 1 saturated heterocycles. The van der Waals surface area contributed by atoms with Crippen LogP contribution in [0, 0.1) is 10.1 Å². The van der Waals surface area contributed by atoms with E-state index in [1.165, 1.54) is 12.1 Å². The summed E-state index contributed by atoms with van der Waals surface area (Å²) in [6.07, 6.45) is 1.51. The summed E-state index contributed by atoms with van der Waals surface area (Å²) in [5, 5.41) is 14.2. The lowest BCUT2D eigenvalue weighted by molar-refractivity contribution is -0.384. The highest BCUT2D eigenvalue weighted by Gasteiger charge is 2.25. The van der Waals surface area contributed by atoms with E-state index < -0.39 is 10.8 Å². The minimum absolute atomic E-state index is 0. The van der Waals surface area contributed by atoms with Gasteiger partial charge >= 0.3 is 0 Å². The molecule has 0 bridgehead atoms. The van der Waals surface area contributed by atoms with Crippen LogP contribution in [-0.2, 0) is 9.59 Å². The third-order valence-corrected chi connectivity index (χ3v) is 6.00. The van der Waals surface area contributed by atoms with Crippen molar-refractivity contribution in [2.45, 2.75) is 0 Å². The Hall–Kier alpha value is -2.70. The van der Waals surface area contributed by atoms with Gasteiger partial charge in [-0.2, -0.15) is 4.99 Å². The van der Waals surface area contributed by atoms with Gasteiger partial charge < -0.3 is 14.6 Å². The van der Waals surface area contributed by atoms with Gasteiger partial charge in [-0.25, -0.2) is 0 Å². The molecule has 34 heavy (non-hydrogen) atoms. The fraction of sp³-hybridized carbons (Fsp3) is 0.286. The number of likely N-dealkylation sites (N-methyl/N-ethyl adjacent to an activating group) is 1. The molecule has 2 aliphatic rings. The zero-order valence-corrected chi connectivity index (χ0v) is 20.6. The number of amides is 2. The van der Waals surface area contributed by atoms with Gasteiger partial charge in [0.05, 0.1) is 21.9 Å². The van der Waals surface area contributed by atoms with Crippen molar-refractivity contribution in [2.24, 2.45) is 4.99 Å². The van der Waals surface area contributed by atoms with E-state index in [1.54, 1.807) is 30.3 Å². The van der Waals surface area contributed by atoms with E-state index in [-0.39, 0.29) is 48.1 Å². The molecule has 2 aliphatic heterocycles. The number of nitrogens with zero attached hydrogens (tertiary/aromatic N) is 4. The second kappa shape index (κ2) is 12.1. The highest BCUT2D eigenvalue weighted by atomic mass is 35.5. The summed E-state index contributed by atoms with van der Waals surface area (Å²) in [7, 11) is 2.05. The molecule has 10 nitrogen and oxygen atoms in total. The number of halogens is 2. The molecule has 0 unspecified atom stereocenters. The molecule has 182 valence electrons. The van der Waals surface area contributed by atoms with Crippen LogP contribution in [0.5, 0.6) is 0 Å². The van der Waals surface area contributed by atoms with Crippen molar-refractivity contribution in [3.05, 3.63) is 57.2 Å². The van der Waals surface area contributed by atoms with E-state index >= 15 is 0 Å². The number of carbonyl (C=O) groups excluding carboxylic acids is 2. The number of carbonyl (C=O) groups is 2. The van der Waals surface area contributed by atoms with Crippen LogP contribution in [0.3, 0.4) is 0 Å². The highest BCUT2D eigenvalue weighted by molar-refractivity contribution is 8.18. The van der Waals surface area contributed by atoms with Gasteiger partial charge in [0.15, 0.2) is 5.17 Å². The first-order valence-corrected chi connectivity index (χ1v) is 10.8. The Balaban J connectivity index is 0.00000204. The summed E-state index contributed by atoms with van der Waals surface area (Å²) in [5.74, 6) is -0.0181. The summed E-state index contributed by atoms with van der Waals surface area (Å²) >= 11 is 1.05. The van der Waals surface area contributed by atoms with E-state index in [9.17, 15) is 19.7 Å². The molecule has 1 aromatic carbocycles. The van der Waals surface area contributed by atoms with Crippen LogP contribution in [0.25, 0.3) is 17.4 Å². The molecule has 2 aromatic rings. The largest absolute Gasteiger partial charge is 0.456 e. The van der Waals surface area contributed by atoms with Gasteiger partial charge in [0.25, 0.3) is 11.6 Å². The van der Waals surface area contributed by atoms with Gasteiger partial charge in [-0.15, -0.1) is 24.8 Å². The van der Waals surface area contributed by atoms with Crippen molar-refractivity contribution in [1.29, 1.82) is 0 Å². The zero-order chi connectivity index (χ0) is 22.7. The van der Waals surface area contributed by atoms with Crippen molar-refractivity contribution >= 4 is 65.3 Å². The van der Waals surface area contributed by atoms with Crippen LogP contribution in [-0.4, -0.2) is 71.5 Å². The van der Waals surface area contributed by atoms with E-state index in [0.29, 0.717) is 22.0 Å². The van der Waals surface area contributed by atoms with Gasteiger partial charge in [0.2, 0.25) is 5.91 Å². The van der Waals surface area contributed by atoms with Gasteiger partial charge in [0.1, 0.15) is 11.5 Å². The summed E-state index contributed by atoms with van der Waals surface area (Å²) in [5.41, 5.74) is 0.279. The first kappa shape index (κ1) is 27.5. The average Bonchev–Trinajstić information content (AvgIpc) is 3.36. The number of benzene rings is 1. The fourth-order valence-corrected chi connectivity index (χ4v) is 4.19. The van der Waals surface area contributed by atoms with E-state index in [4.69, 9.17) is 4.42 Å². The number of aliphatic imine (C=N–C) groups is 1. The number of nitrogens with one attached hydrogen (secondary N) is 1. The molecule has 13 heteroatoms. The molecule has 0 atom stereocenters. The van der Waals surface area contributed by atoms with Crippen LogP contribution < -0.4 is 5.32 Å². The molecule has 0 spiro atoms. The predicted octanol–water partition coefficient (Wildman–Crippen LogP) is 3.03. The Morgan fingerprint density at radius 3 is 2.62 bits per heavy atom. The number of nitro benzene ring substituents is 1. The first-order valence-electron chi connectivity index (χ1n) is 9.96. The van der Waals surface area contributed by atoms with Crippen LogP contribution in [0.2, 0.25) is 0 Å². The average molecular weight is 528 g/mol. The van der Waals surface area contributed by atoms with Crippen LogP contribution >= 0.6 is 36.6 Å². The number of thioether (sulfide) groups is 1. The summed E-state index contributed by atoms with van der Waals surface area (Å²) in [6, 6.07) is 9.50. The van der Waals surface area contributed by atoms with Gasteiger partial charge in [0, 0.05) is 38.3 Å². The Morgan fingerprint density at radius 2 is 1.91 bits per heavy atom. The quantitative estimate of drug-likeness (QED) is 0.357. The molecule has 0 saturated carbocycles. The first-order chi connectivity index (χ1) is 15.4. The number of para-hydroxylation sites is 1. The summed E-state index contributed by atoms with van der Waals surface area (Å²) in [4.78, 5) is 43.8. The number of hydrogen-bond acceptors (Lipinski definition) is 8. The maximum Gasteiger partial charge on any atom is 0.286 e. The number of rotatable bonds is 5. The van der Waals surface area contributed by atoms with Crippen LogP contribution in [0.15, 0.2) is 50.7 Å². The minimum atomic E-state index is -0.478. The predicted molar refractivity (Wildman–Crippen MR) is 135 cm³/mol. The number of piperazine rings is 1. The van der Waals surface area contributed by atoms with Crippen molar-refractivity contribution in [2.75, 3.05) is 39.8 Å². The Kier molecular flexibility index (Phi) is 9.83. The lowest BCUT2D eigenvalue weighted by atomic mass is 10.1. The Morgan fingerprint density at radius 1 is 1.21 bits per heavy atom. The number of furan rings is 1. The topological polar surface area (TPSA) is 121 Å². The number of hydrogen-bond donors (Lipinski definition) is 1. The fourth-order valence-electron chi connectivity index (χ4n) is 3.38. The highest BCUT2D eigenvalue weighted by Crippen LogP contribution is 2.33. The molecule has 4 rings (SSSR count). The van der Waals surface area contributed by atoms with E-state index in [2.05, 4.69) is 20.1 Å². The Labute approximate surface area is 212 Å². The standard InChI is InChI=1S/C21H21N5O5S.2ClH/c1-24-8-10-25(11-9-24)13-19(27)22-21-23-20(28)18(32-21)12-14-6-7-17(31-14)15-4-2-3-5-16(15)26(29)30;;/h2-7,12H,8-11,13H2,1H3,(H,22,23,27,28);2*1H. The lowest BCUT2D eigenvalue weighted by Crippen LogP contribution is -2.48. The second-order valence-electron chi connectivity index (χ2n) is 7.44. The molecule has 0 aliphatic carbocycles. The van der Waals surface area contributed by atoms with Crippen molar-refractivity contribution in [1.82, 2.24) is 15.1 Å². The number of nitro groups is 1. The third kappa shape index (κ3) is 6.67. The molecule has 1 N–H and O–H groups in total. The Bertz CT molecular complexity index is 1130.